The van der Waals surface area contributed by atoms with E-state index in [1.807, 2.05) is 29.1 Å². The van der Waals surface area contributed by atoms with Gasteiger partial charge in [0.25, 0.3) is 0 Å². The van der Waals surface area contributed by atoms with Crippen LogP contribution in [0.5, 0.6) is 0 Å². The zero-order valence-corrected chi connectivity index (χ0v) is 10.2. The normalized spacial score (nSPS) is 19.2. The first kappa shape index (κ1) is 11.3. The molecule has 1 aliphatic heterocycles. The zero-order chi connectivity index (χ0) is 12.4. The Morgan fingerprint density at radius 1 is 1.39 bits per heavy atom. The SMILES string of the molecule is Nc1cccc(-c2cnn(CC3CCOC3)c2)c1. The van der Waals surface area contributed by atoms with Crippen molar-refractivity contribution in [3.63, 3.8) is 0 Å². The van der Waals surface area contributed by atoms with Gasteiger partial charge >= 0.3 is 0 Å². The molecule has 1 aromatic heterocycles. The van der Waals surface area contributed by atoms with E-state index in [0.717, 1.165) is 43.0 Å². The molecule has 18 heavy (non-hydrogen) atoms. The number of benzene rings is 1. The second-order valence-corrected chi connectivity index (χ2v) is 4.81. The minimum atomic E-state index is 0.596. The van der Waals surface area contributed by atoms with Gasteiger partial charge in [0, 0.05) is 36.5 Å². The van der Waals surface area contributed by atoms with E-state index < -0.39 is 0 Å². The first-order valence-electron chi connectivity index (χ1n) is 6.27. The zero-order valence-electron chi connectivity index (χ0n) is 10.2. The predicted octanol–water partition coefficient (Wildman–Crippen LogP) is 2.17. The highest BCUT2D eigenvalue weighted by Gasteiger charge is 2.16. The molecule has 1 atom stereocenters. The van der Waals surface area contributed by atoms with Crippen molar-refractivity contribution < 1.29 is 4.74 Å². The molecule has 1 saturated heterocycles. The Hall–Kier alpha value is -1.81. The van der Waals surface area contributed by atoms with Crippen LogP contribution in [0.4, 0.5) is 5.69 Å². The highest BCUT2D eigenvalue weighted by molar-refractivity contribution is 5.65. The average molecular weight is 243 g/mol. The molecule has 2 N–H and O–H groups in total. The Morgan fingerprint density at radius 3 is 3.11 bits per heavy atom. The van der Waals surface area contributed by atoms with Gasteiger partial charge in [0.2, 0.25) is 0 Å². The van der Waals surface area contributed by atoms with Gasteiger partial charge in [-0.3, -0.25) is 4.68 Å². The highest BCUT2D eigenvalue weighted by atomic mass is 16.5. The van der Waals surface area contributed by atoms with Crippen LogP contribution in [0.25, 0.3) is 11.1 Å². The molecule has 2 heterocycles. The van der Waals surface area contributed by atoms with Crippen LogP contribution in [0, 0.1) is 5.92 Å². The maximum atomic E-state index is 5.79. The molecule has 94 valence electrons. The van der Waals surface area contributed by atoms with Crippen LogP contribution in [0.15, 0.2) is 36.7 Å². The topological polar surface area (TPSA) is 53.1 Å². The van der Waals surface area contributed by atoms with Crippen LogP contribution in [0.2, 0.25) is 0 Å². The monoisotopic (exact) mass is 243 g/mol. The van der Waals surface area contributed by atoms with E-state index in [9.17, 15) is 0 Å². The maximum absolute atomic E-state index is 5.79. The third-order valence-electron chi connectivity index (χ3n) is 3.32. The van der Waals surface area contributed by atoms with Gasteiger partial charge in [-0.05, 0) is 24.1 Å². The number of rotatable bonds is 3. The van der Waals surface area contributed by atoms with Gasteiger partial charge in [-0.1, -0.05) is 12.1 Å². The third-order valence-corrected chi connectivity index (χ3v) is 3.32. The molecule has 0 radical (unpaired) electrons. The van der Waals surface area contributed by atoms with E-state index in [-0.39, 0.29) is 0 Å². The lowest BCUT2D eigenvalue weighted by Crippen LogP contribution is -2.10. The van der Waals surface area contributed by atoms with Crippen molar-refractivity contribution in [3.8, 4) is 11.1 Å². The van der Waals surface area contributed by atoms with Crippen LogP contribution in [-0.4, -0.2) is 23.0 Å². The van der Waals surface area contributed by atoms with Gasteiger partial charge in [-0.2, -0.15) is 5.10 Å². The van der Waals surface area contributed by atoms with E-state index in [0.29, 0.717) is 5.92 Å². The number of hydrogen-bond donors (Lipinski definition) is 1. The molecule has 4 heteroatoms. The Kier molecular flexibility index (Phi) is 3.02. The summed E-state index contributed by atoms with van der Waals surface area (Å²) >= 11 is 0. The van der Waals surface area contributed by atoms with Gasteiger partial charge in [0.15, 0.2) is 0 Å². The fourth-order valence-corrected chi connectivity index (χ4v) is 2.32. The van der Waals surface area contributed by atoms with Crippen LogP contribution in [0.1, 0.15) is 6.42 Å². The molecule has 0 aliphatic carbocycles. The molecule has 0 saturated carbocycles. The largest absolute Gasteiger partial charge is 0.399 e. The van der Waals surface area contributed by atoms with Gasteiger partial charge in [0.1, 0.15) is 0 Å². The van der Waals surface area contributed by atoms with Gasteiger partial charge in [-0.15, -0.1) is 0 Å². The molecular weight excluding hydrogens is 226 g/mol. The van der Waals surface area contributed by atoms with Gasteiger partial charge < -0.3 is 10.5 Å². The quantitative estimate of drug-likeness (QED) is 0.840. The van der Waals surface area contributed by atoms with E-state index >= 15 is 0 Å². The number of nitrogens with zero attached hydrogens (tertiary/aromatic N) is 2. The van der Waals surface area contributed by atoms with Crippen molar-refractivity contribution >= 4 is 5.69 Å². The fraction of sp³-hybridized carbons (Fsp3) is 0.357. The molecule has 1 unspecified atom stereocenters. The highest BCUT2D eigenvalue weighted by Crippen LogP contribution is 2.22. The standard InChI is InChI=1S/C14H17N3O/c15-14-3-1-2-12(6-14)13-7-16-17(9-13)8-11-4-5-18-10-11/h1-3,6-7,9,11H,4-5,8,10,15H2. The second kappa shape index (κ2) is 4.82. The molecule has 4 nitrogen and oxygen atoms in total. The molecule has 0 amide bonds. The van der Waals surface area contributed by atoms with Crippen molar-refractivity contribution in [1.82, 2.24) is 9.78 Å². The number of ether oxygens (including phenoxy) is 1. The summed E-state index contributed by atoms with van der Waals surface area (Å²) in [5.41, 5.74) is 8.80. The summed E-state index contributed by atoms with van der Waals surface area (Å²) in [6.07, 6.45) is 5.10. The first-order chi connectivity index (χ1) is 8.81. The number of nitrogens with two attached hydrogens (primary N) is 1. The minimum Gasteiger partial charge on any atom is -0.399 e. The molecule has 1 fully saturated rings. The van der Waals surface area contributed by atoms with Crippen LogP contribution < -0.4 is 5.73 Å². The van der Waals surface area contributed by atoms with Gasteiger partial charge in [-0.25, -0.2) is 0 Å². The summed E-state index contributed by atoms with van der Waals surface area (Å²) in [6, 6.07) is 7.88. The van der Waals surface area contributed by atoms with E-state index in [4.69, 9.17) is 10.5 Å². The van der Waals surface area contributed by atoms with Crippen molar-refractivity contribution in [2.75, 3.05) is 18.9 Å². The molecule has 1 aliphatic rings. The Morgan fingerprint density at radius 2 is 2.33 bits per heavy atom. The summed E-state index contributed by atoms with van der Waals surface area (Å²) in [5.74, 6) is 0.596. The Balaban J connectivity index is 1.76. The summed E-state index contributed by atoms with van der Waals surface area (Å²) in [4.78, 5) is 0. The lowest BCUT2D eigenvalue weighted by atomic mass is 10.1. The van der Waals surface area contributed by atoms with Crippen molar-refractivity contribution in [2.24, 2.45) is 5.92 Å². The lowest BCUT2D eigenvalue weighted by Gasteiger charge is -2.06. The molecular formula is C14H17N3O. The Labute approximate surface area is 106 Å². The maximum Gasteiger partial charge on any atom is 0.0568 e. The van der Waals surface area contributed by atoms with Crippen LogP contribution >= 0.6 is 0 Å². The van der Waals surface area contributed by atoms with Crippen molar-refractivity contribution in [2.45, 2.75) is 13.0 Å². The number of aromatic nitrogens is 2. The fourth-order valence-electron chi connectivity index (χ4n) is 2.32. The summed E-state index contributed by atoms with van der Waals surface area (Å²) in [7, 11) is 0. The van der Waals surface area contributed by atoms with Crippen molar-refractivity contribution in [1.29, 1.82) is 0 Å². The molecule has 2 aromatic rings. The molecule has 1 aromatic carbocycles. The summed E-state index contributed by atoms with van der Waals surface area (Å²) in [5, 5.41) is 4.41. The van der Waals surface area contributed by atoms with Crippen molar-refractivity contribution in [3.05, 3.63) is 36.7 Å². The second-order valence-electron chi connectivity index (χ2n) is 4.81. The van der Waals surface area contributed by atoms with Gasteiger partial charge in [0.05, 0.1) is 12.8 Å². The van der Waals surface area contributed by atoms with E-state index in [1.165, 1.54) is 0 Å². The lowest BCUT2D eigenvalue weighted by molar-refractivity contribution is 0.181. The summed E-state index contributed by atoms with van der Waals surface area (Å²) < 4.78 is 7.38. The third kappa shape index (κ3) is 2.38. The summed E-state index contributed by atoms with van der Waals surface area (Å²) in [6.45, 7) is 2.67. The van der Waals surface area contributed by atoms with Crippen LogP contribution in [0.3, 0.4) is 0 Å². The molecule has 0 bridgehead atoms. The minimum absolute atomic E-state index is 0.596. The number of nitrogen functional groups attached to an aromatic ring is 1. The molecule has 3 rings (SSSR count). The smallest absolute Gasteiger partial charge is 0.0568 e. The predicted molar refractivity (Wildman–Crippen MR) is 71.0 cm³/mol. The average Bonchev–Trinajstić information content (AvgIpc) is 3.01. The molecule has 0 spiro atoms. The van der Waals surface area contributed by atoms with Crippen LogP contribution in [-0.2, 0) is 11.3 Å². The first-order valence-corrected chi connectivity index (χ1v) is 6.27. The number of hydrogen-bond acceptors (Lipinski definition) is 3. The van der Waals surface area contributed by atoms with E-state index in [2.05, 4.69) is 17.4 Å². The van der Waals surface area contributed by atoms with E-state index in [1.54, 1.807) is 0 Å². The number of anilines is 1. The Bertz CT molecular complexity index is 529.